The van der Waals surface area contributed by atoms with Crippen molar-refractivity contribution >= 4 is 89.2 Å². The molecule has 4 aromatic rings. The molecule has 0 radical (unpaired) electrons. The van der Waals surface area contributed by atoms with Crippen LogP contribution in [-0.4, -0.2) is 66.3 Å². The second-order valence-corrected chi connectivity index (χ2v) is 43.6. The third-order valence-corrected chi connectivity index (χ3v) is 53.9. The Hall–Kier alpha value is 0.160. The number of benzene rings is 2. The third kappa shape index (κ3) is 10.4. The van der Waals surface area contributed by atoms with Gasteiger partial charge in [0.1, 0.15) is 0 Å². The Morgan fingerprint density at radius 1 is 0.896 bits per heavy atom. The molecule has 0 aliphatic carbocycles. The molecule has 7 unspecified atom stereocenters. The van der Waals surface area contributed by atoms with E-state index in [-0.39, 0.29) is 42.9 Å². The Labute approximate surface area is 297 Å². The SMILES string of the molecule is Nc1ncc(-c2ccc(S(=O)(=O)C3CCOC3)cc2)nc1-c1nnc(-c2ccc(CN[C@H]3CCOC3)cc2)o1.PPP(P(P)P)P(P)P. The van der Waals surface area contributed by atoms with Gasteiger partial charge in [-0.15, -0.1) is 54.8 Å². The summed E-state index contributed by atoms with van der Waals surface area (Å²) in [4.78, 5) is 9.09. The molecule has 2 aromatic heterocycles. The summed E-state index contributed by atoms with van der Waals surface area (Å²) in [5, 5.41) is 11.3. The van der Waals surface area contributed by atoms with Crippen molar-refractivity contribution in [2.24, 2.45) is 0 Å². The van der Waals surface area contributed by atoms with Crippen LogP contribution >= 0.6 is 73.6 Å². The number of rotatable bonds is 11. The molecule has 21 heteroatoms. The van der Waals surface area contributed by atoms with Crippen molar-refractivity contribution in [3.8, 4) is 34.3 Å². The van der Waals surface area contributed by atoms with Crippen molar-refractivity contribution in [2.45, 2.75) is 35.6 Å². The molecule has 0 saturated carbocycles. The second-order valence-electron chi connectivity index (χ2n) is 10.8. The number of nitrogens with two attached hydrogens (primary N) is 1. The lowest BCUT2D eigenvalue weighted by atomic mass is 10.1. The fourth-order valence-electron chi connectivity index (χ4n) is 4.87. The van der Waals surface area contributed by atoms with Gasteiger partial charge in [-0.05, 0) is 63.6 Å². The monoisotopic (exact) mass is 838 g/mol. The number of hydrogen-bond acceptors (Lipinski definition) is 11. The number of nitrogens with one attached hydrogen (secondary N) is 1. The number of ether oxygens (including phenoxy) is 2. The van der Waals surface area contributed by atoms with E-state index in [9.17, 15) is 8.42 Å². The van der Waals surface area contributed by atoms with Crippen molar-refractivity contribution < 1.29 is 22.3 Å². The summed E-state index contributed by atoms with van der Waals surface area (Å²) in [5.74, 6) is 0.627. The van der Waals surface area contributed by atoms with Crippen molar-refractivity contribution in [1.82, 2.24) is 25.5 Å². The first kappa shape index (κ1) is 39.4. The standard InChI is InChI=1S/C27H28N6O5S.H11P9/c28-25-24(27-33-32-26(38-27)19-3-1-17(2-4-19)13-29-20-9-11-36-15-20)31-23(14-30-25)18-5-7-21(8-6-18)39(34,35)22-10-12-37-16-22;1-6-9(7(2)3)8(4)5/h1-8,14,20,22,29H,9-13,15-16H2,(H2,28,30);6H,1-5H2/t20-,22?;/m0./s1. The lowest BCUT2D eigenvalue weighted by Gasteiger charge is -2.22. The molecule has 11 nitrogen and oxygen atoms in total. The Morgan fingerprint density at radius 3 is 2.12 bits per heavy atom. The summed E-state index contributed by atoms with van der Waals surface area (Å²) < 4.78 is 42.2. The smallest absolute Gasteiger partial charge is 0.270 e. The highest BCUT2D eigenvalue weighted by Crippen LogP contribution is 3.04. The highest BCUT2D eigenvalue weighted by molar-refractivity contribution is 9.10. The molecule has 48 heavy (non-hydrogen) atoms. The van der Waals surface area contributed by atoms with Gasteiger partial charge < -0.3 is 24.9 Å². The van der Waals surface area contributed by atoms with E-state index in [0.29, 0.717) is 43.2 Å². The maximum absolute atomic E-state index is 12.8. The topological polar surface area (TPSA) is 155 Å². The van der Waals surface area contributed by atoms with Gasteiger partial charge >= 0.3 is 0 Å². The van der Waals surface area contributed by atoms with Gasteiger partial charge in [-0.3, -0.25) is 0 Å². The van der Waals surface area contributed by atoms with Gasteiger partial charge in [0.2, 0.25) is 5.89 Å². The number of nitrogen functional groups attached to an aromatic ring is 1. The van der Waals surface area contributed by atoms with Crippen LogP contribution in [0.2, 0.25) is 0 Å². The molecule has 6 rings (SSSR count). The van der Waals surface area contributed by atoms with E-state index in [0.717, 1.165) is 45.3 Å². The van der Waals surface area contributed by atoms with Gasteiger partial charge in [-0.25, -0.2) is 18.4 Å². The van der Waals surface area contributed by atoms with E-state index in [1.165, 1.54) is 6.20 Å². The molecule has 4 heterocycles. The summed E-state index contributed by atoms with van der Waals surface area (Å²) in [6, 6.07) is 14.8. The van der Waals surface area contributed by atoms with Gasteiger partial charge in [0.25, 0.3) is 5.89 Å². The molecule has 0 bridgehead atoms. The predicted octanol–water partition coefficient (Wildman–Crippen LogP) is 7.69. The van der Waals surface area contributed by atoms with E-state index in [1.807, 2.05) is 24.3 Å². The first-order chi connectivity index (χ1) is 23.1. The quantitative estimate of drug-likeness (QED) is 0.143. The first-order valence-electron chi connectivity index (χ1n) is 14.7. The average Bonchev–Trinajstić information content (AvgIpc) is 3.89. The van der Waals surface area contributed by atoms with Crippen LogP contribution in [0.5, 0.6) is 0 Å². The van der Waals surface area contributed by atoms with Gasteiger partial charge in [0.05, 0.1) is 35.2 Å². The molecule has 2 fully saturated rings. The average molecular weight is 838 g/mol. The zero-order valence-electron chi connectivity index (χ0n) is 25.8. The molecular formula is C27H39N6O5P9S. The van der Waals surface area contributed by atoms with Crippen molar-refractivity contribution in [1.29, 1.82) is 0 Å². The largest absolute Gasteiger partial charge is 0.414 e. The van der Waals surface area contributed by atoms with Gasteiger partial charge in [0.15, 0.2) is 21.3 Å². The Kier molecular flexibility index (Phi) is 15.4. The lowest BCUT2D eigenvalue weighted by Crippen LogP contribution is -2.28. The minimum absolute atomic E-state index is 0.143. The summed E-state index contributed by atoms with van der Waals surface area (Å²) in [6.45, 7) is 3.64. The summed E-state index contributed by atoms with van der Waals surface area (Å²) in [7, 11) is 12.2. The molecule has 0 amide bonds. The van der Waals surface area contributed by atoms with E-state index in [2.05, 4.69) is 70.1 Å². The molecule has 2 aromatic carbocycles. The normalized spacial score (nSPS) is 18.3. The summed E-state index contributed by atoms with van der Waals surface area (Å²) in [6.07, 6.45) is 3.05. The van der Waals surface area contributed by atoms with E-state index in [1.54, 1.807) is 24.3 Å². The maximum Gasteiger partial charge on any atom is 0.270 e. The highest BCUT2D eigenvalue weighted by Gasteiger charge is 2.31. The zero-order chi connectivity index (χ0) is 34.3. The van der Waals surface area contributed by atoms with E-state index >= 15 is 0 Å². The van der Waals surface area contributed by atoms with E-state index < -0.39 is 15.1 Å². The molecular weight excluding hydrogens is 799 g/mol. The van der Waals surface area contributed by atoms with Crippen LogP contribution in [-0.2, 0) is 25.9 Å². The van der Waals surface area contributed by atoms with Crippen LogP contribution in [0.1, 0.15) is 18.4 Å². The third-order valence-electron chi connectivity index (χ3n) is 7.51. The number of nitrogens with zero attached hydrogens (tertiary/aromatic N) is 4. The molecule has 2 saturated heterocycles. The highest BCUT2D eigenvalue weighted by atomic mass is 33.2. The lowest BCUT2D eigenvalue weighted by molar-refractivity contribution is 0.190. The molecule has 8 atom stereocenters. The maximum atomic E-state index is 12.8. The van der Waals surface area contributed by atoms with E-state index in [4.69, 9.17) is 19.6 Å². The van der Waals surface area contributed by atoms with Crippen LogP contribution in [0.3, 0.4) is 0 Å². The van der Waals surface area contributed by atoms with Crippen molar-refractivity contribution in [2.75, 3.05) is 32.2 Å². The van der Waals surface area contributed by atoms with Crippen LogP contribution in [0, 0.1) is 0 Å². The summed E-state index contributed by atoms with van der Waals surface area (Å²) >= 11 is 0. The number of aromatic nitrogens is 4. The molecule has 2 aliphatic heterocycles. The minimum atomic E-state index is -3.45. The second kappa shape index (κ2) is 18.8. The zero-order valence-corrected chi connectivity index (χ0v) is 36.1. The Morgan fingerprint density at radius 2 is 1.54 bits per heavy atom. The predicted molar refractivity (Wildman–Crippen MR) is 221 cm³/mol. The number of hydrogen-bond donors (Lipinski definition) is 2. The molecule has 2 aliphatic rings. The Balaban J connectivity index is 0.000000441. The molecule has 3 N–H and O–H groups in total. The first-order valence-corrected chi connectivity index (χ1v) is 31.8. The Bertz CT molecular complexity index is 1730. The number of anilines is 1. The molecule has 0 spiro atoms. The molecule has 258 valence electrons. The van der Waals surface area contributed by atoms with Crippen LogP contribution < -0.4 is 11.1 Å². The van der Waals surface area contributed by atoms with Crippen LogP contribution in [0.4, 0.5) is 5.82 Å². The summed E-state index contributed by atoms with van der Waals surface area (Å²) in [5.41, 5.74) is 9.44. The van der Waals surface area contributed by atoms with Gasteiger partial charge in [-0.2, -0.15) is 0 Å². The van der Waals surface area contributed by atoms with Crippen LogP contribution in [0.25, 0.3) is 34.3 Å². The number of sulfone groups is 1. The van der Waals surface area contributed by atoms with Crippen molar-refractivity contribution in [3.63, 3.8) is 0 Å². The van der Waals surface area contributed by atoms with Gasteiger partial charge in [-0.1, -0.05) is 32.2 Å². The fraction of sp³-hybridized carbons (Fsp3) is 0.333. The van der Waals surface area contributed by atoms with Crippen LogP contribution in [0.15, 0.2) is 64.0 Å². The fourth-order valence-corrected chi connectivity index (χ4v) is 67.6. The van der Waals surface area contributed by atoms with Crippen molar-refractivity contribution in [3.05, 3.63) is 60.3 Å². The minimum Gasteiger partial charge on any atom is -0.414 e. The van der Waals surface area contributed by atoms with Gasteiger partial charge in [0, 0.05) is 36.9 Å².